The van der Waals surface area contributed by atoms with Crippen LogP contribution < -0.4 is 0 Å². The second-order valence-electron chi connectivity index (χ2n) is 12.2. The first-order valence-corrected chi connectivity index (χ1v) is 15.5. The van der Waals surface area contributed by atoms with E-state index in [0.717, 1.165) is 23.9 Å². The van der Waals surface area contributed by atoms with Crippen molar-refractivity contribution in [1.82, 2.24) is 4.98 Å². The van der Waals surface area contributed by atoms with E-state index in [0.29, 0.717) is 11.8 Å². The van der Waals surface area contributed by atoms with Gasteiger partial charge in [-0.1, -0.05) is 127 Å². The van der Waals surface area contributed by atoms with Gasteiger partial charge in [0.05, 0.1) is 16.4 Å². The van der Waals surface area contributed by atoms with Crippen LogP contribution in [0.25, 0.3) is 43.7 Å². The Morgan fingerprint density at radius 1 is 0.651 bits per heavy atom. The Bertz CT molecular complexity index is 2200. The van der Waals surface area contributed by atoms with E-state index >= 15 is 0 Å². The second kappa shape index (κ2) is 9.51. The van der Waals surface area contributed by atoms with Gasteiger partial charge in [-0.15, -0.1) is 0 Å². The summed E-state index contributed by atoms with van der Waals surface area (Å²) in [6.07, 6.45) is 18.8. The van der Waals surface area contributed by atoms with Gasteiger partial charge in [-0.25, -0.2) is 4.98 Å². The Morgan fingerprint density at radius 2 is 1.47 bits per heavy atom. The zero-order valence-corrected chi connectivity index (χ0v) is 23.9. The number of nitrogens with zero attached hydrogens (tertiary/aromatic N) is 1. The summed E-state index contributed by atoms with van der Waals surface area (Å²) in [6.45, 7) is 0. The molecular weight excluding hydrogens is 518 g/mol. The Morgan fingerprint density at radius 3 is 2.35 bits per heavy atom. The molecule has 5 aromatic carbocycles. The first-order chi connectivity index (χ1) is 21.3. The number of hydrogen-bond donors (Lipinski definition) is 0. The number of hydrogen-bond acceptors (Lipinski definition) is 1. The molecule has 1 heteroatoms. The molecule has 0 bridgehead atoms. The Kier molecular flexibility index (Phi) is 5.43. The van der Waals surface area contributed by atoms with Crippen LogP contribution in [-0.2, 0) is 5.41 Å². The third kappa shape index (κ3) is 3.55. The van der Waals surface area contributed by atoms with Gasteiger partial charge in [0.2, 0.25) is 0 Å². The highest BCUT2D eigenvalue weighted by Gasteiger charge is 2.53. The minimum Gasteiger partial charge on any atom is -0.248 e. The van der Waals surface area contributed by atoms with E-state index in [1.807, 2.05) is 0 Å². The molecule has 6 aromatic rings. The summed E-state index contributed by atoms with van der Waals surface area (Å²) in [4.78, 5) is 5.16. The maximum absolute atomic E-state index is 5.16. The highest BCUT2D eigenvalue weighted by atomic mass is 14.7. The van der Waals surface area contributed by atoms with Crippen molar-refractivity contribution in [3.8, 4) is 11.1 Å². The topological polar surface area (TPSA) is 12.9 Å². The predicted molar refractivity (Wildman–Crippen MR) is 180 cm³/mol. The van der Waals surface area contributed by atoms with Gasteiger partial charge in [0.1, 0.15) is 0 Å². The number of aromatic nitrogens is 1. The van der Waals surface area contributed by atoms with Crippen molar-refractivity contribution in [2.45, 2.75) is 24.2 Å². The summed E-state index contributed by atoms with van der Waals surface area (Å²) in [5.41, 5.74) is 9.97. The fraction of sp³-hybridized carbons (Fsp3) is 0.119. The summed E-state index contributed by atoms with van der Waals surface area (Å²) in [5, 5.41) is 4.90. The molecule has 3 atom stereocenters. The van der Waals surface area contributed by atoms with Crippen LogP contribution in [0.15, 0.2) is 157 Å². The lowest BCUT2D eigenvalue weighted by molar-refractivity contribution is 0.453. The van der Waals surface area contributed by atoms with Gasteiger partial charge in [0.25, 0.3) is 0 Å². The van der Waals surface area contributed by atoms with Crippen LogP contribution in [-0.4, -0.2) is 4.98 Å². The molecule has 0 saturated carbocycles. The number of fused-ring (bicyclic) bond motifs is 7. The van der Waals surface area contributed by atoms with Gasteiger partial charge in [-0.05, 0) is 81.3 Å². The molecule has 0 N–H and O–H groups in total. The Balaban J connectivity index is 1.35. The highest BCUT2D eigenvalue weighted by Crippen LogP contribution is 2.61. The van der Waals surface area contributed by atoms with E-state index < -0.39 is 0 Å². The van der Waals surface area contributed by atoms with Crippen molar-refractivity contribution in [3.63, 3.8) is 0 Å². The molecule has 43 heavy (non-hydrogen) atoms. The molecular formula is C42H31N. The quantitative estimate of drug-likeness (QED) is 0.158. The summed E-state index contributed by atoms with van der Waals surface area (Å²) < 4.78 is 0. The molecule has 0 radical (unpaired) electrons. The monoisotopic (exact) mass is 549 g/mol. The molecule has 0 fully saturated rings. The van der Waals surface area contributed by atoms with Gasteiger partial charge in [-0.2, -0.15) is 0 Å². The number of rotatable bonds is 3. The maximum atomic E-state index is 5.16. The van der Waals surface area contributed by atoms with Gasteiger partial charge in [-0.3, -0.25) is 0 Å². The summed E-state index contributed by atoms with van der Waals surface area (Å²) >= 11 is 0. The standard InChI is InChI=1S/C42H31N/c1-3-14-30(15-4-1)42(31-16-5-2-6-17-31)38-21-11-10-20-34(38)35-24-23-28(26-39(35)42)36-27-41-37(33-19-9-8-18-32(33)36)25-29-13-7-12-22-40(29)43-41/h1,3-5,7-27,34,38H,2,6H2. The molecule has 1 heterocycles. The molecule has 0 saturated heterocycles. The minimum atomic E-state index is -0.253. The van der Waals surface area contributed by atoms with Crippen molar-refractivity contribution in [3.05, 3.63) is 174 Å². The van der Waals surface area contributed by atoms with Crippen LogP contribution in [0.5, 0.6) is 0 Å². The van der Waals surface area contributed by atoms with Crippen molar-refractivity contribution in [2.24, 2.45) is 5.92 Å². The van der Waals surface area contributed by atoms with Gasteiger partial charge in [0, 0.05) is 22.6 Å². The van der Waals surface area contributed by atoms with E-state index in [1.54, 1.807) is 0 Å². The number of para-hydroxylation sites is 1. The lowest BCUT2D eigenvalue weighted by atomic mass is 9.62. The first-order valence-electron chi connectivity index (χ1n) is 15.5. The van der Waals surface area contributed by atoms with Crippen LogP contribution in [0, 0.1) is 5.92 Å². The Labute approximate surface area is 252 Å². The lowest BCUT2D eigenvalue weighted by Gasteiger charge is -2.40. The van der Waals surface area contributed by atoms with Crippen LogP contribution in [0.4, 0.5) is 0 Å². The van der Waals surface area contributed by atoms with E-state index in [9.17, 15) is 0 Å². The van der Waals surface area contributed by atoms with Crippen molar-refractivity contribution >= 4 is 32.6 Å². The average Bonchev–Trinajstić information content (AvgIpc) is 3.38. The molecule has 0 aliphatic heterocycles. The van der Waals surface area contributed by atoms with E-state index in [4.69, 9.17) is 4.98 Å². The second-order valence-corrected chi connectivity index (χ2v) is 12.2. The lowest BCUT2D eigenvalue weighted by Crippen LogP contribution is -2.35. The average molecular weight is 550 g/mol. The third-order valence-electron chi connectivity index (χ3n) is 10.0. The van der Waals surface area contributed by atoms with Gasteiger partial charge in [0.15, 0.2) is 0 Å². The largest absolute Gasteiger partial charge is 0.248 e. The molecule has 9 rings (SSSR count). The van der Waals surface area contributed by atoms with E-state index in [2.05, 4.69) is 152 Å². The highest BCUT2D eigenvalue weighted by molar-refractivity contribution is 6.15. The zero-order chi connectivity index (χ0) is 28.4. The van der Waals surface area contributed by atoms with Crippen LogP contribution in [0.1, 0.15) is 35.4 Å². The molecule has 3 aliphatic rings. The predicted octanol–water partition coefficient (Wildman–Crippen LogP) is 10.6. The van der Waals surface area contributed by atoms with E-state index in [1.165, 1.54) is 54.9 Å². The normalized spacial score (nSPS) is 22.2. The van der Waals surface area contributed by atoms with Crippen molar-refractivity contribution < 1.29 is 0 Å². The summed E-state index contributed by atoms with van der Waals surface area (Å²) in [6, 6.07) is 40.4. The molecule has 1 nitrogen and oxygen atoms in total. The molecule has 1 aromatic heterocycles. The van der Waals surface area contributed by atoms with Gasteiger partial charge >= 0.3 is 0 Å². The van der Waals surface area contributed by atoms with Crippen LogP contribution >= 0.6 is 0 Å². The molecule has 0 amide bonds. The molecule has 3 unspecified atom stereocenters. The smallest absolute Gasteiger partial charge is 0.0722 e. The van der Waals surface area contributed by atoms with Crippen LogP contribution in [0.2, 0.25) is 0 Å². The first kappa shape index (κ1) is 24.6. The molecule has 3 aliphatic carbocycles. The SMILES string of the molecule is C1=CC2c3ccc(-c4cc5nc6ccccc6cc5c5ccccc45)cc3C(C3=CCCC=C3)(c3ccccc3)C2C=C1. The fourth-order valence-electron chi connectivity index (χ4n) is 8.19. The zero-order valence-electron chi connectivity index (χ0n) is 23.9. The van der Waals surface area contributed by atoms with Gasteiger partial charge < -0.3 is 0 Å². The molecule has 0 spiro atoms. The maximum Gasteiger partial charge on any atom is 0.0722 e. The van der Waals surface area contributed by atoms with Crippen molar-refractivity contribution in [1.29, 1.82) is 0 Å². The van der Waals surface area contributed by atoms with Crippen LogP contribution in [0.3, 0.4) is 0 Å². The summed E-state index contributed by atoms with van der Waals surface area (Å²) in [5.74, 6) is 0.660. The molecule has 204 valence electrons. The van der Waals surface area contributed by atoms with Crippen molar-refractivity contribution in [2.75, 3.05) is 0 Å². The number of benzene rings is 5. The fourth-order valence-corrected chi connectivity index (χ4v) is 8.19. The minimum absolute atomic E-state index is 0.253. The third-order valence-corrected chi connectivity index (χ3v) is 10.0. The Hall–Kier alpha value is -5.01. The van der Waals surface area contributed by atoms with E-state index in [-0.39, 0.29) is 5.41 Å². The number of pyridine rings is 1. The number of allylic oxidation sites excluding steroid dienone is 8. The summed E-state index contributed by atoms with van der Waals surface area (Å²) in [7, 11) is 0.